The van der Waals surface area contributed by atoms with Crippen molar-refractivity contribution < 1.29 is 34.6 Å². The summed E-state index contributed by atoms with van der Waals surface area (Å²) in [7, 11) is 0. The van der Waals surface area contributed by atoms with Gasteiger partial charge < -0.3 is 40.6 Å². The van der Waals surface area contributed by atoms with Crippen LogP contribution in [0.25, 0.3) is 32.2 Å². The Labute approximate surface area is 261 Å². The summed E-state index contributed by atoms with van der Waals surface area (Å²) in [5.74, 6) is -2.09. The molecule has 8 nitrogen and oxygen atoms in total. The van der Waals surface area contributed by atoms with E-state index in [2.05, 4.69) is 30.6 Å². The molecule has 2 aromatic heterocycles. The molecule has 5 heterocycles. The van der Waals surface area contributed by atoms with E-state index >= 15 is 0 Å². The molecule has 1 radical (unpaired) electrons. The number of hydrogen-bond acceptors (Lipinski definition) is 4. The molecule has 45 heavy (non-hydrogen) atoms. The Morgan fingerprint density at radius 2 is 1.22 bits per heavy atom. The van der Waals surface area contributed by atoms with Crippen LogP contribution in [0, 0.1) is 23.5 Å². The summed E-state index contributed by atoms with van der Waals surface area (Å²) in [4.78, 5) is 27.9. The van der Waals surface area contributed by atoms with Crippen molar-refractivity contribution in [3.8, 4) is 0 Å². The van der Waals surface area contributed by atoms with Crippen LogP contribution in [0.4, 0.5) is 29.2 Å². The molecule has 3 aliphatic heterocycles. The van der Waals surface area contributed by atoms with Gasteiger partial charge in [-0.3, -0.25) is 0 Å². The number of amidine groups is 2. The van der Waals surface area contributed by atoms with Crippen molar-refractivity contribution in [3.05, 3.63) is 141 Å². The first-order valence-electron chi connectivity index (χ1n) is 13.5. The molecule has 223 valence electrons. The van der Waals surface area contributed by atoms with E-state index in [-0.39, 0.29) is 63.0 Å². The van der Waals surface area contributed by atoms with Gasteiger partial charge in [0.15, 0.2) is 0 Å². The van der Waals surface area contributed by atoms with Crippen molar-refractivity contribution in [3.63, 3.8) is 0 Å². The molecular weight excluding hydrogens is 636 g/mol. The van der Waals surface area contributed by atoms with Crippen LogP contribution in [0.15, 0.2) is 127 Å². The molecule has 0 saturated carbocycles. The normalized spacial score (nSPS) is 21.2. The van der Waals surface area contributed by atoms with Crippen molar-refractivity contribution in [2.45, 2.75) is 0 Å². The molecule has 0 amide bonds. The number of fused-ring (bicyclic) bond motifs is 18. The molecule has 0 fully saturated rings. The third-order valence-electron chi connectivity index (χ3n) is 7.89. The fourth-order valence-corrected chi connectivity index (χ4v) is 5.86. The largest absolute Gasteiger partial charge is 2.00 e. The summed E-state index contributed by atoms with van der Waals surface area (Å²) in [5.41, 5.74) is 1.31. The summed E-state index contributed by atoms with van der Waals surface area (Å²) < 4.78 is 57.9. The van der Waals surface area contributed by atoms with Gasteiger partial charge in [0, 0.05) is 46.1 Å². The first kappa shape index (κ1) is 27.3. The molecule has 2 atom stereocenters. The predicted octanol–water partition coefficient (Wildman–Crippen LogP) is 6.47. The molecule has 13 heteroatoms. The Bertz CT molecular complexity index is 2400. The molecule has 2 aliphatic carbocycles. The number of halogens is 4. The second kappa shape index (κ2) is 9.88. The third-order valence-corrected chi connectivity index (χ3v) is 7.89. The van der Waals surface area contributed by atoms with Gasteiger partial charge in [0.2, 0.25) is 0 Å². The smallest absolute Gasteiger partial charge is 0.361 e. The van der Waals surface area contributed by atoms with Crippen LogP contribution in [0.1, 0.15) is 0 Å². The van der Waals surface area contributed by atoms with Gasteiger partial charge in [-0.25, -0.2) is 17.6 Å². The molecule has 0 saturated heterocycles. The predicted molar refractivity (Wildman–Crippen MR) is 155 cm³/mol. The molecule has 2 unspecified atom stereocenters. The van der Waals surface area contributed by atoms with E-state index in [9.17, 15) is 17.6 Å². The topological polar surface area (TPSA) is 106 Å². The number of aliphatic imine (C=N–C) groups is 2. The van der Waals surface area contributed by atoms with Gasteiger partial charge >= 0.3 is 17.1 Å². The van der Waals surface area contributed by atoms with Crippen LogP contribution in [0.2, 0.25) is 0 Å². The quantitative estimate of drug-likeness (QED) is 0.161. The first-order valence-corrected chi connectivity index (χ1v) is 13.5. The van der Waals surface area contributed by atoms with Crippen LogP contribution >= 0.6 is 0 Å². The number of benzene rings is 2. The van der Waals surface area contributed by atoms with Crippen molar-refractivity contribution in [2.75, 3.05) is 0 Å². The number of aromatic nitrogens is 2. The van der Waals surface area contributed by atoms with Gasteiger partial charge in [0.25, 0.3) is 0 Å². The summed E-state index contributed by atoms with van der Waals surface area (Å²) >= 11 is 0. The Balaban J connectivity index is 0.00000300. The van der Waals surface area contributed by atoms with E-state index in [4.69, 9.17) is 9.98 Å². The third kappa shape index (κ3) is 4.26. The number of hydrogen-bond donors (Lipinski definition) is 0. The van der Waals surface area contributed by atoms with Crippen LogP contribution in [0.5, 0.6) is 0 Å². The zero-order valence-electron chi connectivity index (χ0n) is 22.5. The summed E-state index contributed by atoms with van der Waals surface area (Å²) in [6.07, 6.45) is 8.45. The molecule has 0 spiro atoms. The maximum atomic E-state index is 14.5. The van der Waals surface area contributed by atoms with Crippen molar-refractivity contribution >= 4 is 44.9 Å². The minimum absolute atomic E-state index is 0. The molecule has 4 aromatic rings. The minimum Gasteiger partial charge on any atom is -0.361 e. The van der Waals surface area contributed by atoms with Crippen LogP contribution in [-0.2, 0) is 17.1 Å². The second-order valence-electron chi connectivity index (χ2n) is 10.6. The fourth-order valence-electron chi connectivity index (χ4n) is 5.86. The van der Waals surface area contributed by atoms with Crippen LogP contribution in [-0.4, -0.2) is 11.7 Å². The molecule has 8 bridgehead atoms. The standard InChI is InChI=1S/C32H14F4N8.Cu/c33-13-1-5-17-21(9-13)29-37-25(17)41-30-22-10-14(34)2-6-18(22)27(38-30)43-32-24-12-16(36)4-8-20(24)28(40-32)44-31-23-11-15(35)3-7-19(23)26(39-31)42-29;/h1-12,17,24H;/q-4;+2. The Morgan fingerprint density at radius 1 is 0.578 bits per heavy atom. The van der Waals surface area contributed by atoms with Crippen molar-refractivity contribution in [1.29, 1.82) is 0 Å². The number of nitrogens with zero attached hydrogens (tertiary/aromatic N) is 8. The molecule has 2 aromatic carbocycles. The van der Waals surface area contributed by atoms with E-state index in [0.717, 1.165) is 0 Å². The van der Waals surface area contributed by atoms with E-state index in [1.807, 2.05) is 0 Å². The summed E-state index contributed by atoms with van der Waals surface area (Å²) in [5, 5.41) is 11.0. The maximum Gasteiger partial charge on any atom is 2.00 e. The van der Waals surface area contributed by atoms with Gasteiger partial charge in [0.1, 0.15) is 23.3 Å². The Kier molecular flexibility index (Phi) is 5.99. The van der Waals surface area contributed by atoms with Gasteiger partial charge in [0.05, 0.1) is 0 Å². The maximum absolute atomic E-state index is 14.5. The zero-order valence-corrected chi connectivity index (χ0v) is 23.4. The van der Waals surface area contributed by atoms with Gasteiger partial charge in [-0.1, -0.05) is 24.3 Å². The monoisotopic (exact) mass is 649 g/mol. The van der Waals surface area contributed by atoms with E-state index in [1.165, 1.54) is 60.7 Å². The van der Waals surface area contributed by atoms with Gasteiger partial charge in [-0.15, -0.1) is 0 Å². The Morgan fingerprint density at radius 3 is 2.00 bits per heavy atom. The molecule has 5 aliphatic rings. The number of allylic oxidation sites excluding steroid dienone is 6. The SMILES string of the molecule is FC1=CC2=C3N=c4[n-]c(c5cc(F)ccc45)=NC4=C5C=CC(F)=CC5C(=Nc5[n-]c(c6cc(F)ccc56)N=C([N-]3)C2C=C1)[N-]4.[Cu+2]. The summed E-state index contributed by atoms with van der Waals surface area (Å²) in [6.45, 7) is 0. The van der Waals surface area contributed by atoms with Gasteiger partial charge in [-0.05, 0) is 92.9 Å². The average molecular weight is 650 g/mol. The molecular formula is C32H14CuF4N8-2. The van der Waals surface area contributed by atoms with Crippen molar-refractivity contribution in [1.82, 2.24) is 9.97 Å². The zero-order chi connectivity index (χ0) is 29.7. The Hall–Kier alpha value is -5.26. The van der Waals surface area contributed by atoms with Crippen LogP contribution < -0.4 is 20.9 Å². The molecule has 0 N–H and O–H groups in total. The fraction of sp³-hybridized carbons (Fsp3) is 0.0625. The minimum atomic E-state index is -0.689. The first-order chi connectivity index (χ1) is 21.4. The average Bonchev–Trinajstić information content (AvgIpc) is 3.71. The number of rotatable bonds is 0. The molecule has 9 rings (SSSR count). The second-order valence-corrected chi connectivity index (χ2v) is 10.6. The van der Waals surface area contributed by atoms with E-state index < -0.39 is 35.1 Å². The van der Waals surface area contributed by atoms with Crippen molar-refractivity contribution in [2.24, 2.45) is 31.8 Å². The van der Waals surface area contributed by atoms with E-state index in [0.29, 0.717) is 32.7 Å². The van der Waals surface area contributed by atoms with Crippen LogP contribution in [0.3, 0.4) is 0 Å². The van der Waals surface area contributed by atoms with Gasteiger partial charge in [-0.2, -0.15) is 0 Å². The van der Waals surface area contributed by atoms with E-state index in [1.54, 1.807) is 12.2 Å². The summed E-state index contributed by atoms with van der Waals surface area (Å²) in [6, 6.07) is 8.21.